The number of aryl methyl sites for hydroxylation is 1. The predicted octanol–water partition coefficient (Wildman–Crippen LogP) is 6.10. The Morgan fingerprint density at radius 1 is 1.25 bits per heavy atom. The number of rotatable bonds is 9. The van der Waals surface area contributed by atoms with Crippen LogP contribution in [0.2, 0.25) is 0 Å². The highest BCUT2D eigenvalue weighted by Crippen LogP contribution is 2.41. The monoisotopic (exact) mass is 504 g/mol. The molecule has 9 nitrogen and oxygen atoms in total. The number of halogens is 3. The zero-order valence-electron chi connectivity index (χ0n) is 19.4. The van der Waals surface area contributed by atoms with Crippen molar-refractivity contribution in [1.82, 2.24) is 0 Å². The van der Waals surface area contributed by atoms with Crippen LogP contribution in [0.25, 0.3) is 10.4 Å². The summed E-state index contributed by atoms with van der Waals surface area (Å²) < 4.78 is 41.5. The summed E-state index contributed by atoms with van der Waals surface area (Å²) in [6.45, 7) is 0.439. The second-order valence-electron chi connectivity index (χ2n) is 9.02. The second kappa shape index (κ2) is 10.9. The molecule has 1 fully saturated rings. The molecule has 2 aromatic carbocycles. The number of nitrogens with zero attached hydrogens (tertiary/aromatic N) is 4. The first kappa shape index (κ1) is 25.3. The third-order valence-corrected chi connectivity index (χ3v) is 6.48. The van der Waals surface area contributed by atoms with E-state index in [4.69, 9.17) is 10.6 Å². The SMILES string of the molecule is [N-]=[N+]=NC[C@@H]1CCC[C@H](N2c3ccc(CCC(=O)O)cc3NC2Nc2ccc(OC(F)(F)F)cc2)C1. The maximum absolute atomic E-state index is 12.5. The van der Waals surface area contributed by atoms with Gasteiger partial charge in [-0.25, -0.2) is 0 Å². The highest BCUT2D eigenvalue weighted by molar-refractivity contribution is 5.78. The molecular weight excluding hydrogens is 477 g/mol. The average Bonchev–Trinajstić information content (AvgIpc) is 3.19. The van der Waals surface area contributed by atoms with Gasteiger partial charge in [0.05, 0.1) is 11.4 Å². The van der Waals surface area contributed by atoms with Crippen molar-refractivity contribution < 1.29 is 27.8 Å². The van der Waals surface area contributed by atoms with Gasteiger partial charge < -0.3 is 25.4 Å². The number of fused-ring (bicyclic) bond motifs is 1. The van der Waals surface area contributed by atoms with Gasteiger partial charge in [-0.05, 0) is 72.7 Å². The highest BCUT2D eigenvalue weighted by atomic mass is 19.4. The largest absolute Gasteiger partial charge is 0.573 e. The summed E-state index contributed by atoms with van der Waals surface area (Å²) in [5.41, 5.74) is 12.0. The number of anilines is 3. The lowest BCUT2D eigenvalue weighted by Crippen LogP contribution is -2.49. The molecule has 3 N–H and O–H groups in total. The van der Waals surface area contributed by atoms with Crippen LogP contribution in [-0.2, 0) is 11.2 Å². The summed E-state index contributed by atoms with van der Waals surface area (Å²) in [4.78, 5) is 16.1. The zero-order valence-corrected chi connectivity index (χ0v) is 19.4. The number of hydrogen-bond acceptors (Lipinski definition) is 6. The van der Waals surface area contributed by atoms with Crippen molar-refractivity contribution in [2.24, 2.45) is 11.0 Å². The van der Waals surface area contributed by atoms with Crippen LogP contribution in [-0.4, -0.2) is 36.3 Å². The first-order valence-corrected chi connectivity index (χ1v) is 11.7. The van der Waals surface area contributed by atoms with Crippen LogP contribution in [0.1, 0.15) is 37.7 Å². The van der Waals surface area contributed by atoms with Gasteiger partial charge in [0.1, 0.15) is 5.75 Å². The maximum atomic E-state index is 12.5. The van der Waals surface area contributed by atoms with Crippen LogP contribution in [0.3, 0.4) is 0 Å². The van der Waals surface area contributed by atoms with E-state index in [0.29, 0.717) is 18.7 Å². The van der Waals surface area contributed by atoms with Crippen LogP contribution in [0.4, 0.5) is 30.2 Å². The molecule has 0 amide bonds. The van der Waals surface area contributed by atoms with Crippen molar-refractivity contribution in [1.29, 1.82) is 0 Å². The van der Waals surface area contributed by atoms with Gasteiger partial charge in [-0.2, -0.15) is 0 Å². The Hall–Kier alpha value is -3.79. The third-order valence-electron chi connectivity index (χ3n) is 6.48. The fourth-order valence-corrected chi connectivity index (χ4v) is 4.94. The predicted molar refractivity (Wildman–Crippen MR) is 129 cm³/mol. The summed E-state index contributed by atoms with van der Waals surface area (Å²) in [6, 6.07) is 11.5. The van der Waals surface area contributed by atoms with Crippen molar-refractivity contribution >= 4 is 23.0 Å². The normalized spacial score (nSPS) is 21.2. The van der Waals surface area contributed by atoms with E-state index >= 15 is 0 Å². The molecule has 1 unspecified atom stereocenters. The van der Waals surface area contributed by atoms with E-state index in [0.717, 1.165) is 42.6 Å². The van der Waals surface area contributed by atoms with E-state index in [2.05, 4.69) is 30.3 Å². The average molecular weight is 505 g/mol. The maximum Gasteiger partial charge on any atom is 0.573 e. The van der Waals surface area contributed by atoms with Gasteiger partial charge in [-0.1, -0.05) is 24.0 Å². The van der Waals surface area contributed by atoms with Gasteiger partial charge in [0, 0.05) is 29.6 Å². The lowest BCUT2D eigenvalue weighted by molar-refractivity contribution is -0.274. The Kier molecular flexibility index (Phi) is 7.64. The Bertz CT molecular complexity index is 1120. The minimum Gasteiger partial charge on any atom is -0.481 e. The molecule has 0 saturated heterocycles. The van der Waals surface area contributed by atoms with E-state index in [9.17, 15) is 18.0 Å². The Labute approximate surface area is 205 Å². The molecular formula is C24H27F3N6O3. The molecule has 1 aliphatic heterocycles. The fraction of sp³-hybridized carbons (Fsp3) is 0.458. The smallest absolute Gasteiger partial charge is 0.481 e. The van der Waals surface area contributed by atoms with Crippen molar-refractivity contribution in [2.45, 2.75) is 57.2 Å². The number of hydrogen-bond donors (Lipinski definition) is 3. The van der Waals surface area contributed by atoms with E-state index in [-0.39, 0.29) is 30.4 Å². The molecule has 12 heteroatoms. The molecule has 0 radical (unpaired) electrons. The molecule has 3 atom stereocenters. The minimum absolute atomic E-state index is 0.0280. The Morgan fingerprint density at radius 2 is 2.03 bits per heavy atom. The molecule has 2 aliphatic rings. The summed E-state index contributed by atoms with van der Waals surface area (Å²) in [5, 5.41) is 19.6. The Balaban J connectivity index is 1.56. The molecule has 0 bridgehead atoms. The van der Waals surface area contributed by atoms with Crippen LogP contribution in [0.15, 0.2) is 47.6 Å². The molecule has 4 rings (SSSR count). The van der Waals surface area contributed by atoms with Gasteiger partial charge in [0.2, 0.25) is 0 Å². The van der Waals surface area contributed by atoms with E-state index in [1.165, 1.54) is 24.3 Å². The number of alkyl halides is 3. The second-order valence-corrected chi connectivity index (χ2v) is 9.02. The molecule has 1 heterocycles. The summed E-state index contributed by atoms with van der Waals surface area (Å²) in [5.74, 6) is -0.905. The third kappa shape index (κ3) is 6.45. The zero-order chi connectivity index (χ0) is 25.7. The van der Waals surface area contributed by atoms with Crippen LogP contribution in [0.5, 0.6) is 5.75 Å². The summed E-state index contributed by atoms with van der Waals surface area (Å²) >= 11 is 0. The minimum atomic E-state index is -4.76. The van der Waals surface area contributed by atoms with Crippen LogP contribution >= 0.6 is 0 Å². The standard InChI is InChI=1S/C24H27F3N6O3/c25-24(26,27)36-19-8-6-17(7-9-19)30-23-31-20-13-15(5-11-22(34)35)4-10-21(20)33(23)18-3-1-2-16(12-18)14-29-32-28/h4,6-10,13,16,18,23,30-31H,1-3,5,11-12,14H2,(H,34,35)/t16-,18+,23?/m1/s1. The molecule has 192 valence electrons. The number of ether oxygens (including phenoxy) is 1. The number of nitrogens with one attached hydrogen (secondary N) is 2. The molecule has 2 aromatic rings. The van der Waals surface area contributed by atoms with Gasteiger partial charge in [-0.3, -0.25) is 4.79 Å². The van der Waals surface area contributed by atoms with Crippen molar-refractivity contribution in [3.8, 4) is 5.75 Å². The number of aliphatic carboxylic acids is 1. The van der Waals surface area contributed by atoms with Crippen LogP contribution < -0.4 is 20.3 Å². The van der Waals surface area contributed by atoms with E-state index in [1.54, 1.807) is 0 Å². The Morgan fingerprint density at radius 3 is 2.72 bits per heavy atom. The highest BCUT2D eigenvalue weighted by Gasteiger charge is 2.37. The number of benzene rings is 2. The first-order valence-electron chi connectivity index (χ1n) is 11.7. The van der Waals surface area contributed by atoms with Crippen molar-refractivity contribution in [3.63, 3.8) is 0 Å². The van der Waals surface area contributed by atoms with Gasteiger partial charge in [-0.15, -0.1) is 13.2 Å². The number of carbonyl (C=O) groups is 1. The molecule has 1 aliphatic carbocycles. The van der Waals surface area contributed by atoms with E-state index in [1.807, 2.05) is 18.2 Å². The van der Waals surface area contributed by atoms with Crippen molar-refractivity contribution in [2.75, 3.05) is 22.1 Å². The van der Waals surface area contributed by atoms with E-state index < -0.39 is 12.3 Å². The molecule has 36 heavy (non-hydrogen) atoms. The summed E-state index contributed by atoms with van der Waals surface area (Å²) in [7, 11) is 0. The van der Waals surface area contributed by atoms with Crippen molar-refractivity contribution in [3.05, 3.63) is 58.5 Å². The quantitative estimate of drug-likeness (QED) is 0.215. The molecule has 0 spiro atoms. The summed E-state index contributed by atoms with van der Waals surface area (Å²) in [6.07, 6.45) is -0.978. The lowest BCUT2D eigenvalue weighted by Gasteiger charge is -2.40. The number of carboxylic acids is 1. The van der Waals surface area contributed by atoms with Gasteiger partial charge in [0.15, 0.2) is 6.29 Å². The topological polar surface area (TPSA) is 123 Å². The first-order chi connectivity index (χ1) is 17.2. The van der Waals surface area contributed by atoms with Gasteiger partial charge >= 0.3 is 12.3 Å². The number of azide groups is 1. The van der Waals surface area contributed by atoms with Crippen LogP contribution in [0, 0.1) is 5.92 Å². The fourth-order valence-electron chi connectivity index (χ4n) is 4.94. The lowest BCUT2D eigenvalue weighted by atomic mass is 9.85. The number of carboxylic acid groups (broad SMARTS) is 1. The van der Waals surface area contributed by atoms with Gasteiger partial charge in [0.25, 0.3) is 0 Å². The molecule has 0 aromatic heterocycles. The molecule has 1 saturated carbocycles.